The van der Waals surface area contributed by atoms with Gasteiger partial charge >= 0.3 is 0 Å². The van der Waals surface area contributed by atoms with E-state index in [4.69, 9.17) is 4.52 Å². The van der Waals surface area contributed by atoms with Gasteiger partial charge < -0.3 is 9.84 Å². The summed E-state index contributed by atoms with van der Waals surface area (Å²) in [7, 11) is 0. The van der Waals surface area contributed by atoms with Crippen molar-refractivity contribution in [1.29, 1.82) is 0 Å². The zero-order valence-corrected chi connectivity index (χ0v) is 13.6. The number of hydrogen-bond acceptors (Lipinski definition) is 5. The van der Waals surface area contributed by atoms with Crippen molar-refractivity contribution in [3.63, 3.8) is 0 Å². The second kappa shape index (κ2) is 6.68. The summed E-state index contributed by atoms with van der Waals surface area (Å²) < 4.78 is 6.47. The van der Waals surface area contributed by atoms with Crippen LogP contribution in [0.25, 0.3) is 0 Å². The van der Waals surface area contributed by atoms with Gasteiger partial charge in [0.1, 0.15) is 0 Å². The molecule has 1 atom stereocenters. The maximum atomic E-state index is 5.40. The minimum atomic E-state index is 0.201. The molecular weight excluding hydrogens is 332 g/mol. The van der Waals surface area contributed by atoms with E-state index in [1.807, 2.05) is 12.1 Å². The molecule has 6 heteroatoms. The number of aromatic nitrogens is 2. The fraction of sp³-hybridized carbons (Fsp3) is 0.467. The molecule has 1 aliphatic rings. The fourth-order valence-corrected chi connectivity index (χ4v) is 3.01. The van der Waals surface area contributed by atoms with Gasteiger partial charge in [-0.15, -0.1) is 0 Å². The Hall–Kier alpha value is -1.24. The van der Waals surface area contributed by atoms with Crippen LogP contribution in [0.3, 0.4) is 0 Å². The summed E-state index contributed by atoms with van der Waals surface area (Å²) in [6.45, 7) is 6.23. The van der Waals surface area contributed by atoms with Gasteiger partial charge in [0.05, 0.1) is 12.5 Å². The van der Waals surface area contributed by atoms with Crippen LogP contribution in [-0.4, -0.2) is 41.2 Å². The molecule has 112 valence electrons. The summed E-state index contributed by atoms with van der Waals surface area (Å²) in [4.78, 5) is 6.93. The van der Waals surface area contributed by atoms with Gasteiger partial charge in [-0.2, -0.15) is 4.98 Å². The number of rotatable bonds is 4. The van der Waals surface area contributed by atoms with Crippen LogP contribution in [0.4, 0.5) is 0 Å². The molecule has 0 amide bonds. The summed E-state index contributed by atoms with van der Waals surface area (Å²) in [5, 5.41) is 7.50. The normalized spacial score (nSPS) is 17.8. The molecule has 0 aliphatic carbocycles. The van der Waals surface area contributed by atoms with Crippen molar-refractivity contribution in [1.82, 2.24) is 20.4 Å². The van der Waals surface area contributed by atoms with Gasteiger partial charge in [0.25, 0.3) is 0 Å². The number of hydrogen-bond donors (Lipinski definition) is 1. The molecule has 2 aromatic rings. The number of halogens is 1. The molecule has 1 unspecified atom stereocenters. The molecule has 1 N–H and O–H groups in total. The van der Waals surface area contributed by atoms with Crippen molar-refractivity contribution in [2.24, 2.45) is 0 Å². The molecule has 1 aromatic carbocycles. The SMILES string of the molecule is CC(c1noc(Cc2cccc(Br)c2)n1)N1CCNCC1. The predicted octanol–water partition coefficient (Wildman–Crippen LogP) is 2.39. The smallest absolute Gasteiger partial charge is 0.231 e. The molecule has 3 rings (SSSR count). The first-order chi connectivity index (χ1) is 10.2. The minimum absolute atomic E-state index is 0.201. The van der Waals surface area contributed by atoms with Gasteiger partial charge in [-0.05, 0) is 24.6 Å². The lowest BCUT2D eigenvalue weighted by Crippen LogP contribution is -2.44. The quantitative estimate of drug-likeness (QED) is 0.917. The summed E-state index contributed by atoms with van der Waals surface area (Å²) in [6.07, 6.45) is 0.667. The van der Waals surface area contributed by atoms with Crippen molar-refractivity contribution < 1.29 is 4.52 Å². The molecule has 1 aromatic heterocycles. The Labute approximate surface area is 132 Å². The van der Waals surface area contributed by atoms with Crippen molar-refractivity contribution in [3.8, 4) is 0 Å². The van der Waals surface area contributed by atoms with Crippen LogP contribution in [0, 0.1) is 0 Å². The molecule has 2 heterocycles. The Morgan fingerprint density at radius 3 is 2.95 bits per heavy atom. The van der Waals surface area contributed by atoms with Crippen molar-refractivity contribution in [2.45, 2.75) is 19.4 Å². The molecule has 0 spiro atoms. The summed E-state index contributed by atoms with van der Waals surface area (Å²) >= 11 is 3.48. The largest absolute Gasteiger partial charge is 0.339 e. The Balaban J connectivity index is 1.68. The van der Waals surface area contributed by atoms with Gasteiger partial charge in [0.15, 0.2) is 5.82 Å². The highest BCUT2D eigenvalue weighted by Gasteiger charge is 2.22. The summed E-state index contributed by atoms with van der Waals surface area (Å²) in [5.41, 5.74) is 1.16. The number of nitrogens with one attached hydrogen (secondary N) is 1. The van der Waals surface area contributed by atoms with E-state index in [1.165, 1.54) is 0 Å². The van der Waals surface area contributed by atoms with Gasteiger partial charge in [0, 0.05) is 30.7 Å². The van der Waals surface area contributed by atoms with E-state index in [9.17, 15) is 0 Å². The lowest BCUT2D eigenvalue weighted by molar-refractivity contribution is 0.176. The molecular formula is C15H19BrN4O. The van der Waals surface area contributed by atoms with Crippen LogP contribution >= 0.6 is 15.9 Å². The highest BCUT2D eigenvalue weighted by atomic mass is 79.9. The first-order valence-electron chi connectivity index (χ1n) is 7.24. The second-order valence-corrected chi connectivity index (χ2v) is 6.23. The van der Waals surface area contributed by atoms with E-state index >= 15 is 0 Å². The maximum absolute atomic E-state index is 5.40. The third-order valence-electron chi connectivity index (χ3n) is 3.80. The van der Waals surface area contributed by atoms with Gasteiger partial charge in [0.2, 0.25) is 5.89 Å². The summed E-state index contributed by atoms with van der Waals surface area (Å²) in [6, 6.07) is 8.36. The van der Waals surface area contributed by atoms with E-state index in [1.54, 1.807) is 0 Å². The Bertz CT molecular complexity index is 595. The van der Waals surface area contributed by atoms with E-state index < -0.39 is 0 Å². The van der Waals surface area contributed by atoms with Crippen molar-refractivity contribution in [2.75, 3.05) is 26.2 Å². The Kier molecular flexibility index (Phi) is 4.67. The van der Waals surface area contributed by atoms with E-state index in [2.05, 4.69) is 55.3 Å². The fourth-order valence-electron chi connectivity index (χ4n) is 2.56. The average Bonchev–Trinajstić information content (AvgIpc) is 2.96. The third-order valence-corrected chi connectivity index (χ3v) is 4.29. The zero-order valence-electron chi connectivity index (χ0n) is 12.1. The topological polar surface area (TPSA) is 54.2 Å². The lowest BCUT2D eigenvalue weighted by Gasteiger charge is -2.30. The first-order valence-corrected chi connectivity index (χ1v) is 8.03. The van der Waals surface area contributed by atoms with Crippen LogP contribution < -0.4 is 5.32 Å². The van der Waals surface area contributed by atoms with Crippen LogP contribution in [0.5, 0.6) is 0 Å². The van der Waals surface area contributed by atoms with Crippen molar-refractivity contribution in [3.05, 3.63) is 46.0 Å². The monoisotopic (exact) mass is 350 g/mol. The predicted molar refractivity (Wildman–Crippen MR) is 84.1 cm³/mol. The zero-order chi connectivity index (χ0) is 14.7. The van der Waals surface area contributed by atoms with Crippen molar-refractivity contribution >= 4 is 15.9 Å². The molecule has 1 aliphatic heterocycles. The van der Waals surface area contributed by atoms with E-state index in [-0.39, 0.29) is 6.04 Å². The van der Waals surface area contributed by atoms with E-state index in [0.29, 0.717) is 12.3 Å². The molecule has 0 bridgehead atoms. The maximum Gasteiger partial charge on any atom is 0.231 e. The molecule has 1 saturated heterocycles. The third kappa shape index (κ3) is 3.70. The van der Waals surface area contributed by atoms with Gasteiger partial charge in [-0.3, -0.25) is 4.90 Å². The number of nitrogens with zero attached hydrogens (tertiary/aromatic N) is 3. The Morgan fingerprint density at radius 2 is 2.19 bits per heavy atom. The molecule has 5 nitrogen and oxygen atoms in total. The van der Waals surface area contributed by atoms with Crippen LogP contribution in [0.15, 0.2) is 33.3 Å². The first kappa shape index (κ1) is 14.7. The number of piperazine rings is 1. The van der Waals surface area contributed by atoms with Crippen LogP contribution in [-0.2, 0) is 6.42 Å². The second-order valence-electron chi connectivity index (χ2n) is 5.31. The minimum Gasteiger partial charge on any atom is -0.339 e. The number of benzene rings is 1. The molecule has 21 heavy (non-hydrogen) atoms. The molecule has 0 saturated carbocycles. The molecule has 1 fully saturated rings. The molecule has 0 radical (unpaired) electrons. The highest BCUT2D eigenvalue weighted by Crippen LogP contribution is 2.19. The Morgan fingerprint density at radius 1 is 1.38 bits per heavy atom. The van der Waals surface area contributed by atoms with Gasteiger partial charge in [-0.1, -0.05) is 33.2 Å². The van der Waals surface area contributed by atoms with E-state index in [0.717, 1.165) is 42.0 Å². The summed E-state index contributed by atoms with van der Waals surface area (Å²) in [5.74, 6) is 1.45. The van der Waals surface area contributed by atoms with Gasteiger partial charge in [-0.25, -0.2) is 0 Å². The highest BCUT2D eigenvalue weighted by molar-refractivity contribution is 9.10. The average molecular weight is 351 g/mol. The van der Waals surface area contributed by atoms with Crippen LogP contribution in [0.2, 0.25) is 0 Å². The standard InChI is InChI=1S/C15H19BrN4O/c1-11(20-7-5-17-6-8-20)15-18-14(21-19-15)10-12-3-2-4-13(16)9-12/h2-4,9,11,17H,5-8,10H2,1H3. The lowest BCUT2D eigenvalue weighted by atomic mass is 10.1. The van der Waals surface area contributed by atoms with Crippen LogP contribution in [0.1, 0.15) is 30.2 Å².